The fourth-order valence-corrected chi connectivity index (χ4v) is 1.93. The van der Waals surface area contributed by atoms with Gasteiger partial charge in [-0.15, -0.1) is 0 Å². The van der Waals surface area contributed by atoms with E-state index in [-0.39, 0.29) is 5.58 Å². The highest BCUT2D eigenvalue weighted by atomic mass is 19.1. The molecule has 5 nitrogen and oxygen atoms in total. The number of hydrazine groups is 1. The van der Waals surface area contributed by atoms with Gasteiger partial charge in [-0.1, -0.05) is 12.1 Å². The van der Waals surface area contributed by atoms with Crippen LogP contribution in [-0.2, 0) is 0 Å². The molecule has 0 spiro atoms. The van der Waals surface area contributed by atoms with Crippen LogP contribution < -0.4 is 11.3 Å². The summed E-state index contributed by atoms with van der Waals surface area (Å²) < 4.78 is 19.1. The van der Waals surface area contributed by atoms with Crippen LogP contribution in [0.5, 0.6) is 0 Å². The Bertz CT molecular complexity index is 698. The highest BCUT2D eigenvalue weighted by Gasteiger charge is 2.20. The summed E-state index contributed by atoms with van der Waals surface area (Å²) >= 11 is 0. The van der Waals surface area contributed by atoms with Crippen molar-refractivity contribution in [2.45, 2.75) is 6.04 Å². The van der Waals surface area contributed by atoms with E-state index in [1.165, 1.54) is 6.07 Å². The number of hydrogen-bond donors (Lipinski definition) is 2. The molecule has 2 heterocycles. The second kappa shape index (κ2) is 4.75. The summed E-state index contributed by atoms with van der Waals surface area (Å²) in [7, 11) is 0. The Balaban J connectivity index is 2.09. The second-order valence-corrected chi connectivity index (χ2v) is 4.01. The molecule has 0 saturated carbocycles. The lowest BCUT2D eigenvalue weighted by atomic mass is 10.2. The standard InChI is InChI=1S/C13H11FN4O/c14-9-4-1-3-8-7-10(19-12(8)9)11(18-15)13-16-5-2-6-17-13/h1-7,11,18H,15H2. The number of para-hydroxylation sites is 1. The van der Waals surface area contributed by atoms with Crippen molar-refractivity contribution < 1.29 is 8.81 Å². The average molecular weight is 258 g/mol. The highest BCUT2D eigenvalue weighted by Crippen LogP contribution is 2.27. The van der Waals surface area contributed by atoms with E-state index in [9.17, 15) is 4.39 Å². The van der Waals surface area contributed by atoms with Gasteiger partial charge in [0.05, 0.1) is 0 Å². The molecule has 6 heteroatoms. The molecule has 0 bridgehead atoms. The van der Waals surface area contributed by atoms with Gasteiger partial charge in [-0.25, -0.2) is 19.8 Å². The van der Waals surface area contributed by atoms with Crippen molar-refractivity contribution in [3.8, 4) is 0 Å². The first-order valence-electron chi connectivity index (χ1n) is 5.70. The lowest BCUT2D eigenvalue weighted by molar-refractivity contribution is 0.453. The van der Waals surface area contributed by atoms with Crippen molar-refractivity contribution in [1.82, 2.24) is 15.4 Å². The molecule has 1 unspecified atom stereocenters. The zero-order chi connectivity index (χ0) is 13.2. The molecular formula is C13H11FN4O. The van der Waals surface area contributed by atoms with Crippen LogP contribution in [0.15, 0.2) is 47.1 Å². The Morgan fingerprint density at radius 3 is 2.68 bits per heavy atom. The summed E-state index contributed by atoms with van der Waals surface area (Å²) in [5, 5.41) is 0.672. The lowest BCUT2D eigenvalue weighted by Gasteiger charge is -2.10. The topological polar surface area (TPSA) is 77.0 Å². The quantitative estimate of drug-likeness (QED) is 0.554. The number of halogens is 1. The third-order valence-corrected chi connectivity index (χ3v) is 2.81. The van der Waals surface area contributed by atoms with Gasteiger partial charge in [0.15, 0.2) is 17.2 Å². The maximum atomic E-state index is 13.6. The van der Waals surface area contributed by atoms with E-state index < -0.39 is 11.9 Å². The summed E-state index contributed by atoms with van der Waals surface area (Å²) in [6, 6.07) is 7.65. The highest BCUT2D eigenvalue weighted by molar-refractivity contribution is 5.78. The first-order chi connectivity index (χ1) is 9.29. The Morgan fingerprint density at radius 2 is 2.00 bits per heavy atom. The van der Waals surface area contributed by atoms with Gasteiger partial charge < -0.3 is 4.42 Å². The van der Waals surface area contributed by atoms with Crippen molar-refractivity contribution >= 4 is 11.0 Å². The number of nitrogens with two attached hydrogens (primary N) is 1. The molecule has 1 aromatic carbocycles. The van der Waals surface area contributed by atoms with Crippen LogP contribution in [-0.4, -0.2) is 9.97 Å². The molecule has 0 fully saturated rings. The zero-order valence-corrected chi connectivity index (χ0v) is 9.88. The van der Waals surface area contributed by atoms with Crippen LogP contribution in [0.1, 0.15) is 17.6 Å². The van der Waals surface area contributed by atoms with Crippen LogP contribution in [0.3, 0.4) is 0 Å². The monoisotopic (exact) mass is 258 g/mol. The van der Waals surface area contributed by atoms with Crippen LogP contribution in [0.25, 0.3) is 11.0 Å². The van der Waals surface area contributed by atoms with Gasteiger partial charge in [-0.3, -0.25) is 5.84 Å². The Labute approximate surface area is 108 Å². The first-order valence-corrected chi connectivity index (χ1v) is 5.70. The minimum Gasteiger partial charge on any atom is -0.456 e. The molecule has 96 valence electrons. The largest absolute Gasteiger partial charge is 0.456 e. The Morgan fingerprint density at radius 1 is 1.21 bits per heavy atom. The number of nitrogens with one attached hydrogen (secondary N) is 1. The molecule has 19 heavy (non-hydrogen) atoms. The van der Waals surface area contributed by atoms with E-state index in [1.807, 2.05) is 0 Å². The molecule has 3 N–H and O–H groups in total. The number of fused-ring (bicyclic) bond motifs is 1. The molecule has 2 aromatic heterocycles. The van der Waals surface area contributed by atoms with Crippen molar-refractivity contribution in [1.29, 1.82) is 0 Å². The molecule has 0 aliphatic rings. The van der Waals surface area contributed by atoms with Gasteiger partial charge in [0.2, 0.25) is 0 Å². The molecule has 3 aromatic rings. The van der Waals surface area contributed by atoms with Gasteiger partial charge in [-0.05, 0) is 18.2 Å². The summed E-state index contributed by atoms with van der Waals surface area (Å²) in [6.45, 7) is 0. The molecule has 0 radical (unpaired) electrons. The summed E-state index contributed by atoms with van der Waals surface area (Å²) in [6.07, 6.45) is 3.21. The third-order valence-electron chi connectivity index (χ3n) is 2.81. The van der Waals surface area contributed by atoms with Crippen molar-refractivity contribution in [2.24, 2.45) is 5.84 Å². The number of benzene rings is 1. The van der Waals surface area contributed by atoms with Crippen molar-refractivity contribution in [3.63, 3.8) is 0 Å². The predicted octanol–water partition coefficient (Wildman–Crippen LogP) is 1.91. The smallest absolute Gasteiger partial charge is 0.169 e. The van der Waals surface area contributed by atoms with Crippen LogP contribution in [0.4, 0.5) is 4.39 Å². The Hall–Kier alpha value is -2.31. The zero-order valence-electron chi connectivity index (χ0n) is 9.88. The number of nitrogens with zero attached hydrogens (tertiary/aromatic N) is 2. The minimum absolute atomic E-state index is 0.202. The fourth-order valence-electron chi connectivity index (χ4n) is 1.93. The van der Waals surface area contributed by atoms with Gasteiger partial charge in [0.25, 0.3) is 0 Å². The van der Waals surface area contributed by atoms with Crippen LogP contribution in [0, 0.1) is 5.82 Å². The van der Waals surface area contributed by atoms with Crippen molar-refractivity contribution in [3.05, 3.63) is 60.1 Å². The molecule has 0 aliphatic carbocycles. The van der Waals surface area contributed by atoms with Gasteiger partial charge in [0.1, 0.15) is 11.8 Å². The van der Waals surface area contributed by atoms with Crippen LogP contribution in [0.2, 0.25) is 0 Å². The maximum Gasteiger partial charge on any atom is 0.169 e. The first kappa shape index (κ1) is 11.8. The molecule has 0 saturated heterocycles. The third kappa shape index (κ3) is 2.07. The SMILES string of the molecule is NNC(c1ncccn1)c1cc2cccc(F)c2o1. The van der Waals surface area contributed by atoms with Gasteiger partial charge in [0, 0.05) is 17.8 Å². The van der Waals surface area contributed by atoms with Gasteiger partial charge >= 0.3 is 0 Å². The van der Waals surface area contributed by atoms with E-state index >= 15 is 0 Å². The molecular weight excluding hydrogens is 247 g/mol. The van der Waals surface area contributed by atoms with E-state index in [1.54, 1.807) is 36.7 Å². The van der Waals surface area contributed by atoms with Gasteiger partial charge in [-0.2, -0.15) is 0 Å². The van der Waals surface area contributed by atoms with Crippen LogP contribution >= 0.6 is 0 Å². The average Bonchev–Trinajstić information content (AvgIpc) is 2.86. The lowest BCUT2D eigenvalue weighted by Crippen LogP contribution is -2.29. The maximum absolute atomic E-state index is 13.6. The normalized spacial score (nSPS) is 12.7. The molecule has 3 rings (SSSR count). The van der Waals surface area contributed by atoms with E-state index in [0.717, 1.165) is 0 Å². The van der Waals surface area contributed by atoms with E-state index in [2.05, 4.69) is 15.4 Å². The molecule has 0 aliphatic heterocycles. The fraction of sp³-hybridized carbons (Fsp3) is 0.0769. The minimum atomic E-state index is -0.520. The summed E-state index contributed by atoms with van der Waals surface area (Å²) in [4.78, 5) is 8.22. The van der Waals surface area contributed by atoms with E-state index in [4.69, 9.17) is 10.3 Å². The number of aromatic nitrogens is 2. The van der Waals surface area contributed by atoms with Crippen molar-refractivity contribution in [2.75, 3.05) is 0 Å². The Kier molecular flexibility index (Phi) is 2.94. The number of rotatable bonds is 3. The number of hydrogen-bond acceptors (Lipinski definition) is 5. The summed E-state index contributed by atoms with van der Waals surface area (Å²) in [5.41, 5.74) is 2.78. The summed E-state index contributed by atoms with van der Waals surface area (Å²) in [5.74, 6) is 6.03. The molecule has 1 atom stereocenters. The van der Waals surface area contributed by atoms with E-state index in [0.29, 0.717) is 17.0 Å². The second-order valence-electron chi connectivity index (χ2n) is 4.01. The predicted molar refractivity (Wildman–Crippen MR) is 67.4 cm³/mol. The molecule has 0 amide bonds. The number of furan rings is 1.